The summed E-state index contributed by atoms with van der Waals surface area (Å²) in [5.41, 5.74) is -0.0689. The molecule has 1 saturated carbocycles. The fourth-order valence-corrected chi connectivity index (χ4v) is 7.63. The fourth-order valence-electron chi connectivity index (χ4n) is 7.63. The minimum absolute atomic E-state index is 0.0450. The molecule has 1 aliphatic carbocycles. The molecule has 0 spiro atoms. The minimum Gasteiger partial charge on any atom is -0.349 e. The highest BCUT2D eigenvalue weighted by molar-refractivity contribution is 6.38. The molecule has 4 N–H and O–H groups in total. The summed E-state index contributed by atoms with van der Waals surface area (Å²) in [7, 11) is 0. The number of nitrogens with zero attached hydrogens (tertiary/aromatic N) is 2. The lowest BCUT2D eigenvalue weighted by molar-refractivity contribution is -0.152. The van der Waals surface area contributed by atoms with Crippen LogP contribution >= 0.6 is 0 Å². The van der Waals surface area contributed by atoms with Gasteiger partial charge in [-0.2, -0.15) is 0 Å². The molecule has 13 heteroatoms. The molecular weight excluding hydrogens is 652 g/mol. The van der Waals surface area contributed by atoms with Gasteiger partial charge in [-0.1, -0.05) is 79.7 Å². The number of piperidine rings is 1. The van der Waals surface area contributed by atoms with E-state index in [1.807, 2.05) is 41.5 Å². The van der Waals surface area contributed by atoms with Gasteiger partial charge in [-0.3, -0.25) is 33.7 Å². The number of unbranched alkanes of at least 4 members (excludes halogenated alkanes) is 1. The second-order valence-corrected chi connectivity index (χ2v) is 15.7. The molecule has 0 bridgehead atoms. The Morgan fingerprint density at radius 1 is 0.922 bits per heavy atom. The van der Waals surface area contributed by atoms with Gasteiger partial charge in [-0.05, 0) is 62.2 Å². The predicted octanol–water partition coefficient (Wildman–Crippen LogP) is 3.96. The Morgan fingerprint density at radius 3 is 2.14 bits per heavy atom. The quantitative estimate of drug-likeness (QED) is 0.138. The summed E-state index contributed by atoms with van der Waals surface area (Å²) in [6, 6.07) is -3.44. The van der Waals surface area contributed by atoms with Crippen molar-refractivity contribution in [1.82, 2.24) is 31.1 Å². The number of ketones is 1. The van der Waals surface area contributed by atoms with Gasteiger partial charge in [-0.15, -0.1) is 0 Å². The number of hydrogen-bond acceptors (Lipinski definition) is 7. The maximum absolute atomic E-state index is 14.6. The predicted molar refractivity (Wildman–Crippen MR) is 194 cm³/mol. The van der Waals surface area contributed by atoms with E-state index in [2.05, 4.69) is 21.3 Å². The van der Waals surface area contributed by atoms with Gasteiger partial charge in [0.1, 0.15) is 12.1 Å². The summed E-state index contributed by atoms with van der Waals surface area (Å²) < 4.78 is 0. The molecule has 3 fully saturated rings. The molecule has 1 unspecified atom stereocenters. The van der Waals surface area contributed by atoms with Gasteiger partial charge in [0.15, 0.2) is 0 Å². The number of imide groups is 1. The third kappa shape index (κ3) is 11.4. The average molecular weight is 715 g/mol. The highest BCUT2D eigenvalue weighted by atomic mass is 16.2. The van der Waals surface area contributed by atoms with Crippen LogP contribution in [0.25, 0.3) is 0 Å². The summed E-state index contributed by atoms with van der Waals surface area (Å²) in [6.45, 7) is 13.9. The number of amides is 7. The highest BCUT2D eigenvalue weighted by Crippen LogP contribution is 2.35. The monoisotopic (exact) mass is 714 g/mol. The normalized spacial score (nSPS) is 22.4. The average Bonchev–Trinajstić information content (AvgIpc) is 3.54. The van der Waals surface area contributed by atoms with Crippen molar-refractivity contribution in [2.45, 2.75) is 144 Å². The van der Waals surface area contributed by atoms with E-state index in [0.29, 0.717) is 44.5 Å². The van der Waals surface area contributed by atoms with Crippen molar-refractivity contribution in [3.63, 3.8) is 0 Å². The summed E-state index contributed by atoms with van der Waals surface area (Å²) in [6.07, 6.45) is 9.35. The Labute approximate surface area is 303 Å². The van der Waals surface area contributed by atoms with Gasteiger partial charge in [0.25, 0.3) is 5.91 Å². The molecule has 0 aromatic rings. The topological polar surface area (TPSA) is 174 Å². The smallest absolute Gasteiger partial charge is 0.319 e. The molecule has 2 aliphatic heterocycles. The van der Waals surface area contributed by atoms with Crippen molar-refractivity contribution >= 4 is 41.4 Å². The third-order valence-electron chi connectivity index (χ3n) is 10.6. The van der Waals surface area contributed by atoms with Crippen LogP contribution < -0.4 is 21.3 Å². The van der Waals surface area contributed by atoms with E-state index in [-0.39, 0.29) is 54.9 Å². The van der Waals surface area contributed by atoms with Crippen LogP contribution in [0.15, 0.2) is 11.8 Å². The number of Topliss-reactive ketones (excluding diaryl/α,β-unsaturated/α-hetero) is 1. The van der Waals surface area contributed by atoms with E-state index in [1.54, 1.807) is 17.9 Å². The maximum Gasteiger partial charge on any atom is 0.319 e. The van der Waals surface area contributed by atoms with Crippen molar-refractivity contribution in [2.75, 3.05) is 19.6 Å². The Morgan fingerprint density at radius 2 is 1.57 bits per heavy atom. The van der Waals surface area contributed by atoms with E-state index in [4.69, 9.17) is 0 Å². The van der Waals surface area contributed by atoms with Gasteiger partial charge < -0.3 is 26.2 Å². The number of urea groups is 1. The lowest BCUT2D eigenvalue weighted by Gasteiger charge is -2.36. The van der Waals surface area contributed by atoms with E-state index in [1.165, 1.54) is 0 Å². The first-order chi connectivity index (χ1) is 24.1. The van der Waals surface area contributed by atoms with E-state index < -0.39 is 47.2 Å². The van der Waals surface area contributed by atoms with Crippen LogP contribution in [-0.4, -0.2) is 88.9 Å². The minimum atomic E-state index is -1.01. The van der Waals surface area contributed by atoms with Crippen molar-refractivity contribution < 1.29 is 33.6 Å². The van der Waals surface area contributed by atoms with Crippen LogP contribution in [0.4, 0.5) is 4.79 Å². The van der Waals surface area contributed by atoms with Gasteiger partial charge in [0, 0.05) is 31.6 Å². The number of hydrogen-bond donors (Lipinski definition) is 4. The molecular formula is C38H62N6O7. The highest BCUT2D eigenvalue weighted by Gasteiger charge is 2.47. The van der Waals surface area contributed by atoms with Crippen LogP contribution in [0.2, 0.25) is 0 Å². The molecule has 3 aliphatic rings. The third-order valence-corrected chi connectivity index (χ3v) is 10.6. The fraction of sp³-hybridized carbons (Fsp3) is 0.763. The summed E-state index contributed by atoms with van der Waals surface area (Å²) in [5, 5.41) is 11.2. The van der Waals surface area contributed by atoms with Crippen LogP contribution in [0.5, 0.6) is 0 Å². The van der Waals surface area contributed by atoms with Crippen LogP contribution in [0, 0.1) is 23.2 Å². The lowest BCUT2D eigenvalue weighted by atomic mass is 9.82. The second-order valence-electron chi connectivity index (χ2n) is 15.7. The Balaban J connectivity index is 1.82. The van der Waals surface area contributed by atoms with Crippen molar-refractivity contribution in [3.05, 3.63) is 11.8 Å². The van der Waals surface area contributed by atoms with Crippen molar-refractivity contribution in [3.8, 4) is 0 Å². The largest absolute Gasteiger partial charge is 0.349 e. The number of carbonyl (C=O) groups is 7. The van der Waals surface area contributed by atoms with Gasteiger partial charge in [-0.25, -0.2) is 4.79 Å². The standard InChI is InChI=1S/C38H62N6O7/c1-8-11-17-28(33(47)35(49)39-19-9-2)41-34(48)32-27(24(4)5)18-20-43(32)36(50)31(25-15-13-12-14-16-25)42-37(51)40-26(10-3)23-44-29(45)21-38(6,7)22-30(44)46/h10,24-25,27-28,31-32H,8-9,11-23H2,1-7H3,(H,39,49)(H,41,48)(H2,40,42,51)/b26-10+/t27-,28?,31+,32+/m1/s1. The van der Waals surface area contributed by atoms with Crippen LogP contribution in [-0.2, 0) is 28.8 Å². The molecule has 0 radical (unpaired) electrons. The molecule has 286 valence electrons. The first kappa shape index (κ1) is 41.6. The zero-order valence-electron chi connectivity index (χ0n) is 31.9. The molecule has 0 aromatic heterocycles. The number of carbonyl (C=O) groups excluding carboxylic acids is 7. The Hall–Kier alpha value is -3.77. The van der Waals surface area contributed by atoms with E-state index in [0.717, 1.165) is 43.4 Å². The summed E-state index contributed by atoms with van der Waals surface area (Å²) in [5.74, 6) is -3.16. The summed E-state index contributed by atoms with van der Waals surface area (Å²) >= 11 is 0. The van der Waals surface area contributed by atoms with Crippen molar-refractivity contribution in [2.24, 2.45) is 23.2 Å². The van der Waals surface area contributed by atoms with Crippen molar-refractivity contribution in [1.29, 1.82) is 0 Å². The molecule has 51 heavy (non-hydrogen) atoms. The van der Waals surface area contributed by atoms with Gasteiger partial charge in [0.05, 0.1) is 12.6 Å². The molecule has 13 nitrogen and oxygen atoms in total. The molecule has 0 aromatic carbocycles. The Kier molecular flexibility index (Phi) is 15.7. The van der Waals surface area contributed by atoms with Crippen LogP contribution in [0.1, 0.15) is 126 Å². The SMILES string of the molecule is C/C=C(\CN1C(=O)CC(C)(C)CC1=O)NC(=O)N[C@H](C(=O)N1CC[C@H](C(C)C)[C@H]1C(=O)NC(CCCC)C(=O)C(=O)NCCC)C1CCCCC1. The van der Waals surface area contributed by atoms with Gasteiger partial charge in [0.2, 0.25) is 29.4 Å². The molecule has 7 amide bonds. The lowest BCUT2D eigenvalue weighted by Crippen LogP contribution is -2.60. The zero-order valence-corrected chi connectivity index (χ0v) is 31.9. The van der Waals surface area contributed by atoms with Crippen LogP contribution in [0.3, 0.4) is 0 Å². The number of allylic oxidation sites excluding steroid dienone is 1. The molecule has 3 rings (SSSR count). The van der Waals surface area contributed by atoms with E-state index >= 15 is 0 Å². The number of rotatable bonds is 16. The second kappa shape index (κ2) is 19.2. The number of likely N-dealkylation sites (tertiary alicyclic amines) is 2. The first-order valence-corrected chi connectivity index (χ1v) is 19.1. The molecule has 2 heterocycles. The zero-order chi connectivity index (χ0) is 37.9. The Bertz CT molecular complexity index is 1300. The maximum atomic E-state index is 14.6. The summed E-state index contributed by atoms with van der Waals surface area (Å²) in [4.78, 5) is 96.4. The molecule has 4 atom stereocenters. The van der Waals surface area contributed by atoms with E-state index in [9.17, 15) is 33.6 Å². The first-order valence-electron chi connectivity index (χ1n) is 19.1. The number of nitrogens with one attached hydrogen (secondary N) is 4. The molecule has 2 saturated heterocycles. The van der Waals surface area contributed by atoms with Gasteiger partial charge >= 0.3 is 6.03 Å².